The molecule has 9 heteroatoms. The lowest BCUT2D eigenvalue weighted by molar-refractivity contribution is -0.121. The number of benzene rings is 1. The SMILES string of the molecule is CCCOc1ccc(C(=O)NNC(=O)CCCNC(=O)c2cccs2)cc1OC. The minimum absolute atomic E-state index is 0.158. The minimum atomic E-state index is -0.468. The largest absolute Gasteiger partial charge is 0.493 e. The van der Waals surface area contributed by atoms with Gasteiger partial charge in [0, 0.05) is 18.5 Å². The van der Waals surface area contributed by atoms with E-state index >= 15 is 0 Å². The summed E-state index contributed by atoms with van der Waals surface area (Å²) in [7, 11) is 1.49. The van der Waals surface area contributed by atoms with Crippen LogP contribution in [-0.4, -0.2) is 38.0 Å². The van der Waals surface area contributed by atoms with Crippen LogP contribution in [0, 0.1) is 0 Å². The second-order valence-corrected chi connectivity index (χ2v) is 7.00. The fourth-order valence-corrected chi connectivity index (χ4v) is 2.99. The monoisotopic (exact) mass is 419 g/mol. The third-order valence-corrected chi connectivity index (χ3v) is 4.68. The van der Waals surface area contributed by atoms with E-state index in [4.69, 9.17) is 9.47 Å². The van der Waals surface area contributed by atoms with Gasteiger partial charge in [0.15, 0.2) is 11.5 Å². The van der Waals surface area contributed by atoms with Gasteiger partial charge in [-0.25, -0.2) is 0 Å². The van der Waals surface area contributed by atoms with Gasteiger partial charge in [-0.3, -0.25) is 25.2 Å². The van der Waals surface area contributed by atoms with Crippen LogP contribution in [0.15, 0.2) is 35.7 Å². The van der Waals surface area contributed by atoms with Gasteiger partial charge in [-0.2, -0.15) is 0 Å². The Labute approximate surface area is 173 Å². The van der Waals surface area contributed by atoms with Gasteiger partial charge in [0.05, 0.1) is 18.6 Å². The first-order chi connectivity index (χ1) is 14.0. The number of ether oxygens (including phenoxy) is 2. The number of hydrogen-bond donors (Lipinski definition) is 3. The molecule has 1 aromatic carbocycles. The van der Waals surface area contributed by atoms with Crippen molar-refractivity contribution in [3.63, 3.8) is 0 Å². The van der Waals surface area contributed by atoms with E-state index in [1.165, 1.54) is 18.4 Å². The van der Waals surface area contributed by atoms with E-state index in [1.807, 2.05) is 12.3 Å². The smallest absolute Gasteiger partial charge is 0.269 e. The highest BCUT2D eigenvalue weighted by Gasteiger charge is 2.12. The predicted molar refractivity (Wildman–Crippen MR) is 110 cm³/mol. The Kier molecular flexibility index (Phi) is 8.97. The van der Waals surface area contributed by atoms with Gasteiger partial charge >= 0.3 is 0 Å². The number of rotatable bonds is 10. The minimum Gasteiger partial charge on any atom is -0.493 e. The highest BCUT2D eigenvalue weighted by molar-refractivity contribution is 7.12. The van der Waals surface area contributed by atoms with Crippen molar-refractivity contribution in [1.82, 2.24) is 16.2 Å². The molecule has 0 aliphatic heterocycles. The molecule has 0 aliphatic rings. The molecule has 0 unspecified atom stereocenters. The van der Waals surface area contributed by atoms with E-state index in [9.17, 15) is 14.4 Å². The van der Waals surface area contributed by atoms with Crippen molar-refractivity contribution < 1.29 is 23.9 Å². The van der Waals surface area contributed by atoms with E-state index < -0.39 is 5.91 Å². The van der Waals surface area contributed by atoms with E-state index in [0.29, 0.717) is 41.5 Å². The van der Waals surface area contributed by atoms with Crippen LogP contribution >= 0.6 is 11.3 Å². The van der Waals surface area contributed by atoms with Gasteiger partial charge in [-0.1, -0.05) is 13.0 Å². The predicted octanol–water partition coefficient (Wildman–Crippen LogP) is 2.52. The molecule has 0 bridgehead atoms. The van der Waals surface area contributed by atoms with Crippen molar-refractivity contribution in [3.05, 3.63) is 46.2 Å². The summed E-state index contributed by atoms with van der Waals surface area (Å²) in [6.45, 7) is 2.91. The number of hydrogen-bond acceptors (Lipinski definition) is 6. The molecule has 0 radical (unpaired) electrons. The Morgan fingerprint density at radius 2 is 1.90 bits per heavy atom. The number of methoxy groups -OCH3 is 1. The molecule has 2 rings (SSSR count). The van der Waals surface area contributed by atoms with Crippen molar-refractivity contribution in [1.29, 1.82) is 0 Å². The quantitative estimate of drug-likeness (QED) is 0.405. The number of nitrogens with one attached hydrogen (secondary N) is 3. The number of carbonyl (C=O) groups excluding carboxylic acids is 3. The van der Waals surface area contributed by atoms with Crippen LogP contribution in [0.2, 0.25) is 0 Å². The average Bonchev–Trinajstić information content (AvgIpc) is 3.28. The number of carbonyl (C=O) groups is 3. The molecule has 0 aliphatic carbocycles. The maximum atomic E-state index is 12.2. The van der Waals surface area contributed by atoms with Crippen molar-refractivity contribution in [2.45, 2.75) is 26.2 Å². The summed E-state index contributed by atoms with van der Waals surface area (Å²) >= 11 is 1.36. The van der Waals surface area contributed by atoms with E-state index in [1.54, 1.807) is 30.3 Å². The third-order valence-electron chi connectivity index (χ3n) is 3.81. The van der Waals surface area contributed by atoms with Gasteiger partial charge in [0.1, 0.15) is 0 Å². The molecule has 1 aromatic heterocycles. The highest BCUT2D eigenvalue weighted by Crippen LogP contribution is 2.28. The summed E-state index contributed by atoms with van der Waals surface area (Å²) in [5.41, 5.74) is 5.05. The summed E-state index contributed by atoms with van der Waals surface area (Å²) in [6, 6.07) is 8.33. The zero-order valence-electron chi connectivity index (χ0n) is 16.4. The zero-order valence-corrected chi connectivity index (χ0v) is 17.3. The first-order valence-corrected chi connectivity index (χ1v) is 10.1. The van der Waals surface area contributed by atoms with E-state index in [-0.39, 0.29) is 18.2 Å². The lowest BCUT2D eigenvalue weighted by atomic mass is 10.2. The molecule has 0 fully saturated rings. The lowest BCUT2D eigenvalue weighted by Gasteiger charge is -2.12. The first-order valence-electron chi connectivity index (χ1n) is 9.26. The van der Waals surface area contributed by atoms with Crippen LogP contribution < -0.4 is 25.6 Å². The molecule has 8 nitrogen and oxygen atoms in total. The second kappa shape index (κ2) is 11.7. The lowest BCUT2D eigenvalue weighted by Crippen LogP contribution is -2.41. The van der Waals surface area contributed by atoms with Crippen LogP contribution in [0.1, 0.15) is 46.2 Å². The van der Waals surface area contributed by atoms with Crippen LogP contribution in [-0.2, 0) is 4.79 Å². The van der Waals surface area contributed by atoms with Crippen molar-refractivity contribution in [2.75, 3.05) is 20.3 Å². The van der Waals surface area contributed by atoms with Crippen LogP contribution in [0.5, 0.6) is 11.5 Å². The van der Waals surface area contributed by atoms with Crippen LogP contribution in [0.3, 0.4) is 0 Å². The number of thiophene rings is 1. The third kappa shape index (κ3) is 7.11. The van der Waals surface area contributed by atoms with E-state index in [0.717, 1.165) is 6.42 Å². The van der Waals surface area contributed by atoms with Gasteiger partial charge in [0.25, 0.3) is 11.8 Å². The van der Waals surface area contributed by atoms with E-state index in [2.05, 4.69) is 16.2 Å². The molecule has 156 valence electrons. The van der Waals surface area contributed by atoms with Gasteiger partial charge in [-0.15, -0.1) is 11.3 Å². The van der Waals surface area contributed by atoms with Crippen LogP contribution in [0.25, 0.3) is 0 Å². The number of hydrazine groups is 1. The van der Waals surface area contributed by atoms with Gasteiger partial charge < -0.3 is 14.8 Å². The second-order valence-electron chi connectivity index (χ2n) is 6.05. The maximum Gasteiger partial charge on any atom is 0.269 e. The molecule has 29 heavy (non-hydrogen) atoms. The first kappa shape index (κ1) is 22.2. The molecule has 3 N–H and O–H groups in total. The number of amides is 3. The summed E-state index contributed by atoms with van der Waals surface area (Å²) in [5.74, 6) is 0.0238. The summed E-state index contributed by atoms with van der Waals surface area (Å²) in [5, 5.41) is 4.57. The molecular weight excluding hydrogens is 394 g/mol. The molecule has 0 spiro atoms. The molecular formula is C20H25N3O5S. The van der Waals surface area contributed by atoms with Crippen LogP contribution in [0.4, 0.5) is 0 Å². The molecule has 3 amide bonds. The fourth-order valence-electron chi connectivity index (χ4n) is 2.35. The average molecular weight is 420 g/mol. The molecule has 1 heterocycles. The Hall–Kier alpha value is -3.07. The topological polar surface area (TPSA) is 106 Å². The molecule has 0 saturated carbocycles. The highest BCUT2D eigenvalue weighted by atomic mass is 32.1. The molecule has 0 saturated heterocycles. The summed E-state index contributed by atoms with van der Waals surface area (Å²) < 4.78 is 10.8. The Bertz CT molecular complexity index is 824. The summed E-state index contributed by atoms with van der Waals surface area (Å²) in [4.78, 5) is 36.5. The Morgan fingerprint density at radius 3 is 2.59 bits per heavy atom. The Balaban J connectivity index is 1.72. The fraction of sp³-hybridized carbons (Fsp3) is 0.350. The normalized spacial score (nSPS) is 10.1. The van der Waals surface area contributed by atoms with Crippen molar-refractivity contribution in [3.8, 4) is 11.5 Å². The summed E-state index contributed by atoms with van der Waals surface area (Å²) in [6.07, 6.45) is 1.48. The molecule has 2 aromatic rings. The maximum absolute atomic E-state index is 12.2. The van der Waals surface area contributed by atoms with Crippen molar-refractivity contribution >= 4 is 29.1 Å². The zero-order chi connectivity index (χ0) is 21.1. The van der Waals surface area contributed by atoms with Gasteiger partial charge in [0.2, 0.25) is 5.91 Å². The standard InChI is InChI=1S/C20H25N3O5S/c1-3-11-28-15-9-8-14(13-16(15)27-2)19(25)23-22-18(24)7-4-10-21-20(26)17-6-5-12-29-17/h5-6,8-9,12-13H,3-4,7,10-11H2,1-2H3,(H,21,26)(H,22,24)(H,23,25). The molecule has 0 atom stereocenters. The van der Waals surface area contributed by atoms with Gasteiger partial charge in [-0.05, 0) is 42.5 Å². The van der Waals surface area contributed by atoms with Crippen molar-refractivity contribution in [2.24, 2.45) is 0 Å². The Morgan fingerprint density at radius 1 is 1.07 bits per heavy atom.